The number of halogens is 6. The van der Waals surface area contributed by atoms with Crippen molar-refractivity contribution < 1.29 is 35.9 Å². The van der Waals surface area contributed by atoms with Crippen LogP contribution in [0.15, 0.2) is 42.5 Å². The average molecular weight is 446 g/mol. The lowest BCUT2D eigenvalue weighted by molar-refractivity contribution is -0.143. The van der Waals surface area contributed by atoms with E-state index in [4.69, 9.17) is 0 Å². The van der Waals surface area contributed by atoms with E-state index in [9.17, 15) is 35.9 Å². The SMILES string of the molecule is CCCCNC(=O)c1ccccc1C(=O)NCc1cc(C(F)(F)F)cc(C(F)(F)F)c1. The van der Waals surface area contributed by atoms with Gasteiger partial charge < -0.3 is 10.6 Å². The maximum absolute atomic E-state index is 13.0. The van der Waals surface area contributed by atoms with Gasteiger partial charge >= 0.3 is 12.4 Å². The summed E-state index contributed by atoms with van der Waals surface area (Å²) >= 11 is 0. The van der Waals surface area contributed by atoms with E-state index in [1.165, 1.54) is 24.3 Å². The van der Waals surface area contributed by atoms with Crippen LogP contribution < -0.4 is 10.6 Å². The second kappa shape index (κ2) is 9.84. The molecule has 0 fully saturated rings. The van der Waals surface area contributed by atoms with Crippen LogP contribution in [-0.4, -0.2) is 18.4 Å². The first-order valence-corrected chi connectivity index (χ1v) is 9.37. The lowest BCUT2D eigenvalue weighted by Crippen LogP contribution is -2.29. The molecule has 0 saturated carbocycles. The average Bonchev–Trinajstić information content (AvgIpc) is 2.70. The molecule has 0 unspecified atom stereocenters. The summed E-state index contributed by atoms with van der Waals surface area (Å²) in [4.78, 5) is 24.8. The Hall–Kier alpha value is -3.04. The van der Waals surface area contributed by atoms with Gasteiger partial charge in [0.15, 0.2) is 0 Å². The Morgan fingerprint density at radius 2 is 1.29 bits per heavy atom. The van der Waals surface area contributed by atoms with Crippen molar-refractivity contribution in [2.24, 2.45) is 0 Å². The third-order valence-corrected chi connectivity index (χ3v) is 4.33. The molecule has 2 rings (SSSR count). The highest BCUT2D eigenvalue weighted by Crippen LogP contribution is 2.36. The van der Waals surface area contributed by atoms with Gasteiger partial charge in [-0.25, -0.2) is 0 Å². The zero-order valence-electron chi connectivity index (χ0n) is 16.5. The number of rotatable bonds is 7. The number of benzene rings is 2. The van der Waals surface area contributed by atoms with Crippen molar-refractivity contribution in [1.29, 1.82) is 0 Å². The quantitative estimate of drug-likeness (QED) is 0.455. The third kappa shape index (κ3) is 6.73. The van der Waals surface area contributed by atoms with E-state index in [1.54, 1.807) is 0 Å². The largest absolute Gasteiger partial charge is 0.416 e. The molecule has 168 valence electrons. The van der Waals surface area contributed by atoms with E-state index in [2.05, 4.69) is 10.6 Å². The molecule has 0 aliphatic heterocycles. The van der Waals surface area contributed by atoms with E-state index in [1.807, 2.05) is 6.92 Å². The minimum atomic E-state index is -4.98. The lowest BCUT2D eigenvalue weighted by Gasteiger charge is -2.15. The molecule has 0 radical (unpaired) electrons. The molecule has 2 amide bonds. The van der Waals surface area contributed by atoms with Gasteiger partial charge in [0.1, 0.15) is 0 Å². The van der Waals surface area contributed by atoms with Crippen molar-refractivity contribution in [3.63, 3.8) is 0 Å². The first-order chi connectivity index (χ1) is 14.4. The van der Waals surface area contributed by atoms with E-state index in [0.29, 0.717) is 18.7 Å². The Morgan fingerprint density at radius 1 is 0.806 bits per heavy atom. The van der Waals surface area contributed by atoms with Gasteiger partial charge in [-0.2, -0.15) is 26.3 Å². The molecular weight excluding hydrogens is 426 g/mol. The molecule has 0 spiro atoms. The topological polar surface area (TPSA) is 58.2 Å². The molecule has 0 saturated heterocycles. The molecule has 0 bridgehead atoms. The maximum atomic E-state index is 13.0. The Morgan fingerprint density at radius 3 is 1.74 bits per heavy atom. The van der Waals surface area contributed by atoms with Crippen LogP contribution in [0.25, 0.3) is 0 Å². The van der Waals surface area contributed by atoms with Crippen LogP contribution in [0.3, 0.4) is 0 Å². The number of nitrogens with one attached hydrogen (secondary N) is 2. The summed E-state index contributed by atoms with van der Waals surface area (Å²) < 4.78 is 77.8. The van der Waals surface area contributed by atoms with Crippen LogP contribution in [0.2, 0.25) is 0 Å². The molecule has 0 aliphatic rings. The van der Waals surface area contributed by atoms with Gasteiger partial charge in [0.2, 0.25) is 0 Å². The van der Waals surface area contributed by atoms with Crippen molar-refractivity contribution in [1.82, 2.24) is 10.6 Å². The van der Waals surface area contributed by atoms with Gasteiger partial charge in [-0.1, -0.05) is 25.5 Å². The molecule has 31 heavy (non-hydrogen) atoms. The summed E-state index contributed by atoms with van der Waals surface area (Å²) in [6.45, 7) is 1.75. The minimum Gasteiger partial charge on any atom is -0.352 e. The fourth-order valence-corrected chi connectivity index (χ4v) is 2.75. The maximum Gasteiger partial charge on any atom is 0.416 e. The van der Waals surface area contributed by atoms with Crippen molar-refractivity contribution in [2.75, 3.05) is 6.54 Å². The first kappa shape index (κ1) is 24.2. The molecule has 0 atom stereocenters. The normalized spacial score (nSPS) is 11.8. The molecular formula is C21H20F6N2O2. The van der Waals surface area contributed by atoms with Crippen LogP contribution in [0.1, 0.15) is 57.2 Å². The predicted octanol–water partition coefficient (Wildman–Crippen LogP) is 5.18. The third-order valence-electron chi connectivity index (χ3n) is 4.33. The van der Waals surface area contributed by atoms with Crippen LogP contribution in [0, 0.1) is 0 Å². The second-order valence-corrected chi connectivity index (χ2v) is 6.75. The van der Waals surface area contributed by atoms with Gasteiger partial charge in [-0.15, -0.1) is 0 Å². The molecule has 0 heterocycles. The van der Waals surface area contributed by atoms with Crippen molar-refractivity contribution in [3.05, 3.63) is 70.3 Å². The molecule has 0 aromatic heterocycles. The second-order valence-electron chi connectivity index (χ2n) is 6.75. The molecule has 2 N–H and O–H groups in total. The number of hydrogen-bond donors (Lipinski definition) is 2. The van der Waals surface area contributed by atoms with Crippen LogP contribution in [-0.2, 0) is 18.9 Å². The summed E-state index contributed by atoms with van der Waals surface area (Å²) in [7, 11) is 0. The highest BCUT2D eigenvalue weighted by molar-refractivity contribution is 6.07. The Kier molecular flexibility index (Phi) is 7.70. The van der Waals surface area contributed by atoms with Gasteiger partial charge in [-0.05, 0) is 42.3 Å². The van der Waals surface area contributed by atoms with Crippen LogP contribution in [0.5, 0.6) is 0 Å². The molecule has 2 aromatic carbocycles. The minimum absolute atomic E-state index is 0.0151. The molecule has 4 nitrogen and oxygen atoms in total. The number of alkyl halides is 6. The molecule has 2 aromatic rings. The number of amides is 2. The van der Waals surface area contributed by atoms with Gasteiger partial charge in [0.05, 0.1) is 22.3 Å². The predicted molar refractivity (Wildman–Crippen MR) is 101 cm³/mol. The Bertz CT molecular complexity index is 906. The summed E-state index contributed by atoms with van der Waals surface area (Å²) in [6, 6.07) is 6.87. The fraction of sp³-hybridized carbons (Fsp3) is 0.333. The van der Waals surface area contributed by atoms with Crippen molar-refractivity contribution in [2.45, 2.75) is 38.7 Å². The van der Waals surface area contributed by atoms with Crippen LogP contribution >= 0.6 is 0 Å². The van der Waals surface area contributed by atoms with E-state index < -0.39 is 41.8 Å². The summed E-state index contributed by atoms with van der Waals surface area (Å²) in [5, 5.41) is 4.93. The smallest absolute Gasteiger partial charge is 0.352 e. The van der Waals surface area contributed by atoms with E-state index in [0.717, 1.165) is 12.8 Å². The molecule has 10 heteroatoms. The summed E-state index contributed by atoms with van der Waals surface area (Å²) in [5.74, 6) is -1.30. The number of carbonyl (C=O) groups excluding carboxylic acids is 2. The highest BCUT2D eigenvalue weighted by atomic mass is 19.4. The zero-order chi connectivity index (χ0) is 23.2. The van der Waals surface area contributed by atoms with Crippen molar-refractivity contribution >= 4 is 11.8 Å². The zero-order valence-corrected chi connectivity index (χ0v) is 16.5. The number of unbranched alkanes of at least 4 members (excludes halogenated alkanes) is 1. The van der Waals surface area contributed by atoms with Gasteiger partial charge in [0.25, 0.3) is 11.8 Å². The summed E-state index contributed by atoms with van der Waals surface area (Å²) in [6.07, 6.45) is -8.39. The van der Waals surface area contributed by atoms with Crippen molar-refractivity contribution in [3.8, 4) is 0 Å². The lowest BCUT2D eigenvalue weighted by atomic mass is 10.0. The monoisotopic (exact) mass is 446 g/mol. The number of hydrogen-bond acceptors (Lipinski definition) is 2. The van der Waals surface area contributed by atoms with E-state index in [-0.39, 0.29) is 22.8 Å². The first-order valence-electron chi connectivity index (χ1n) is 9.37. The van der Waals surface area contributed by atoms with E-state index >= 15 is 0 Å². The summed E-state index contributed by atoms with van der Waals surface area (Å²) in [5.41, 5.74) is -3.31. The molecule has 0 aliphatic carbocycles. The Balaban J connectivity index is 2.22. The Labute approximate surface area is 174 Å². The standard InChI is InChI=1S/C21H20F6N2O2/c1-2-3-8-28-18(30)16-6-4-5-7-17(16)19(31)29-12-13-9-14(20(22,23)24)11-15(10-13)21(25,26)27/h4-7,9-11H,2-3,8,12H2,1H3,(H,28,30)(H,29,31). The number of carbonyl (C=O) groups is 2. The fourth-order valence-electron chi connectivity index (χ4n) is 2.75. The highest BCUT2D eigenvalue weighted by Gasteiger charge is 2.36. The van der Waals surface area contributed by atoms with Crippen LogP contribution in [0.4, 0.5) is 26.3 Å². The van der Waals surface area contributed by atoms with Gasteiger partial charge in [0, 0.05) is 13.1 Å². The van der Waals surface area contributed by atoms with Gasteiger partial charge in [-0.3, -0.25) is 9.59 Å².